The van der Waals surface area contributed by atoms with Crippen molar-refractivity contribution >= 4 is 44.8 Å². The lowest BCUT2D eigenvalue weighted by atomic mass is 9.93. The van der Waals surface area contributed by atoms with Gasteiger partial charge in [-0.3, -0.25) is 4.90 Å². The van der Waals surface area contributed by atoms with Crippen molar-refractivity contribution in [3.8, 4) is 5.13 Å². The van der Waals surface area contributed by atoms with Crippen molar-refractivity contribution in [2.45, 2.75) is 31.7 Å². The molecule has 3 unspecified atom stereocenters. The van der Waals surface area contributed by atoms with Crippen LogP contribution < -0.4 is 16.0 Å². The molecule has 3 fully saturated rings. The number of rotatable bonds is 5. The van der Waals surface area contributed by atoms with Crippen LogP contribution in [-0.2, 0) is 0 Å². The van der Waals surface area contributed by atoms with Gasteiger partial charge in [0.05, 0.1) is 10.2 Å². The summed E-state index contributed by atoms with van der Waals surface area (Å²) in [6.45, 7) is 4.57. The minimum Gasteiger partial charge on any atom is -0.369 e. The normalized spacial score (nSPS) is 24.5. The van der Waals surface area contributed by atoms with E-state index in [-0.39, 0.29) is 0 Å². The van der Waals surface area contributed by atoms with E-state index in [9.17, 15) is 0 Å². The van der Waals surface area contributed by atoms with Gasteiger partial charge in [-0.15, -0.1) is 5.10 Å². The van der Waals surface area contributed by atoms with Crippen LogP contribution in [0.15, 0.2) is 48.5 Å². The predicted molar refractivity (Wildman–Crippen MR) is 142 cm³/mol. The Labute approximate surface area is 208 Å². The van der Waals surface area contributed by atoms with Gasteiger partial charge in [0.2, 0.25) is 17.0 Å². The number of para-hydroxylation sites is 1. The zero-order valence-electron chi connectivity index (χ0n) is 19.7. The summed E-state index contributed by atoms with van der Waals surface area (Å²) in [7, 11) is 0. The van der Waals surface area contributed by atoms with Gasteiger partial charge in [-0.1, -0.05) is 29.9 Å². The second-order valence-electron chi connectivity index (χ2n) is 10.1. The van der Waals surface area contributed by atoms with Gasteiger partial charge >= 0.3 is 0 Å². The molecular weight excluding hydrogens is 456 g/mol. The van der Waals surface area contributed by atoms with Crippen molar-refractivity contribution in [3.05, 3.63) is 48.5 Å². The molecule has 2 aromatic carbocycles. The summed E-state index contributed by atoms with van der Waals surface area (Å²) >= 11 is 1.55. The first-order chi connectivity index (χ1) is 17.2. The first-order valence-corrected chi connectivity index (χ1v) is 13.5. The highest BCUT2D eigenvalue weighted by atomic mass is 32.1. The molecule has 2 bridgehead atoms. The summed E-state index contributed by atoms with van der Waals surface area (Å²) < 4.78 is 2.69. The number of benzene rings is 2. The van der Waals surface area contributed by atoms with Crippen molar-refractivity contribution < 1.29 is 0 Å². The van der Waals surface area contributed by atoms with Crippen LogP contribution in [0.25, 0.3) is 15.3 Å². The van der Waals surface area contributed by atoms with Crippen LogP contribution in [0.5, 0.6) is 0 Å². The fourth-order valence-electron chi connectivity index (χ4n) is 6.32. The topological polar surface area (TPSA) is 88.1 Å². The van der Waals surface area contributed by atoms with Crippen molar-refractivity contribution in [1.29, 1.82) is 0 Å². The second-order valence-corrected chi connectivity index (χ2v) is 11.1. The quantitative estimate of drug-likeness (QED) is 0.429. The van der Waals surface area contributed by atoms with E-state index in [0.717, 1.165) is 46.9 Å². The van der Waals surface area contributed by atoms with Crippen molar-refractivity contribution in [2.75, 3.05) is 42.1 Å². The van der Waals surface area contributed by atoms with E-state index in [0.29, 0.717) is 17.0 Å². The second kappa shape index (κ2) is 8.49. The SMILES string of the molecule is Nc1nc(Nc2ccc(N3CCN(C4CC5CCC4C5)CC3)cc2)nn1-c1nc2ccccc2s1. The number of nitrogen functional groups attached to an aromatic ring is 1. The van der Waals surface area contributed by atoms with Crippen LogP contribution in [0.1, 0.15) is 25.7 Å². The summed E-state index contributed by atoms with van der Waals surface area (Å²) in [5.74, 6) is 2.77. The molecule has 4 aromatic rings. The Hall–Kier alpha value is -3.17. The molecule has 2 aliphatic carbocycles. The molecule has 3 atom stereocenters. The molecule has 1 saturated heterocycles. The molecule has 35 heavy (non-hydrogen) atoms. The highest BCUT2D eigenvalue weighted by Crippen LogP contribution is 2.46. The maximum absolute atomic E-state index is 6.15. The van der Waals surface area contributed by atoms with Gasteiger partial charge in [0.15, 0.2) is 0 Å². The Morgan fingerprint density at radius 1 is 0.914 bits per heavy atom. The maximum atomic E-state index is 6.15. The maximum Gasteiger partial charge on any atom is 0.248 e. The number of hydrogen-bond donors (Lipinski definition) is 2. The molecule has 3 N–H and O–H groups in total. The highest BCUT2D eigenvalue weighted by Gasteiger charge is 2.42. The average Bonchev–Trinajstić information content (AvgIpc) is 3.68. The molecule has 0 amide bonds. The van der Waals surface area contributed by atoms with Crippen LogP contribution in [0.4, 0.5) is 23.3 Å². The minimum absolute atomic E-state index is 0.316. The van der Waals surface area contributed by atoms with Gasteiger partial charge in [-0.2, -0.15) is 9.67 Å². The summed E-state index contributed by atoms with van der Waals surface area (Å²) in [5.41, 5.74) is 9.30. The van der Waals surface area contributed by atoms with Gasteiger partial charge in [-0.25, -0.2) is 4.98 Å². The fraction of sp³-hybridized carbons (Fsp3) is 0.423. The molecule has 2 aromatic heterocycles. The summed E-state index contributed by atoms with van der Waals surface area (Å²) in [6.07, 6.45) is 5.87. The number of thiazole rings is 1. The molecular formula is C26H30N8S. The zero-order chi connectivity index (χ0) is 23.4. The van der Waals surface area contributed by atoms with E-state index >= 15 is 0 Å². The third-order valence-corrected chi connectivity index (χ3v) is 9.08. The van der Waals surface area contributed by atoms with Crippen LogP contribution in [-0.4, -0.2) is 56.9 Å². The van der Waals surface area contributed by atoms with Gasteiger partial charge < -0.3 is 16.0 Å². The largest absolute Gasteiger partial charge is 0.369 e. The van der Waals surface area contributed by atoms with E-state index in [1.54, 1.807) is 16.0 Å². The van der Waals surface area contributed by atoms with Crippen LogP contribution in [0, 0.1) is 11.8 Å². The van der Waals surface area contributed by atoms with Gasteiger partial charge in [0.25, 0.3) is 0 Å². The Morgan fingerprint density at radius 2 is 1.74 bits per heavy atom. The fourth-order valence-corrected chi connectivity index (χ4v) is 7.25. The van der Waals surface area contributed by atoms with E-state index in [2.05, 4.69) is 54.4 Å². The smallest absolute Gasteiger partial charge is 0.248 e. The highest BCUT2D eigenvalue weighted by molar-refractivity contribution is 7.20. The number of nitrogens with two attached hydrogens (primary N) is 1. The van der Waals surface area contributed by atoms with Crippen molar-refractivity contribution in [2.24, 2.45) is 11.8 Å². The lowest BCUT2D eigenvalue weighted by Gasteiger charge is -2.41. The predicted octanol–water partition coefficient (Wildman–Crippen LogP) is 4.51. The van der Waals surface area contributed by atoms with Crippen molar-refractivity contribution in [1.82, 2.24) is 24.6 Å². The summed E-state index contributed by atoms with van der Waals surface area (Å²) in [5, 5.41) is 8.54. The average molecular weight is 487 g/mol. The van der Waals surface area contributed by atoms with Gasteiger partial charge in [0, 0.05) is 43.6 Å². The third kappa shape index (κ3) is 3.92. The van der Waals surface area contributed by atoms with Crippen molar-refractivity contribution in [3.63, 3.8) is 0 Å². The Balaban J connectivity index is 0.997. The molecule has 9 heteroatoms. The lowest BCUT2D eigenvalue weighted by molar-refractivity contribution is 0.135. The van der Waals surface area contributed by atoms with Crippen LogP contribution in [0.3, 0.4) is 0 Å². The number of anilines is 4. The summed E-state index contributed by atoms with van der Waals surface area (Å²) in [6, 6.07) is 17.4. The van der Waals surface area contributed by atoms with Gasteiger partial charge in [0.1, 0.15) is 0 Å². The Morgan fingerprint density at radius 3 is 2.49 bits per heavy atom. The van der Waals surface area contributed by atoms with E-state index in [4.69, 9.17) is 5.73 Å². The minimum atomic E-state index is 0.316. The molecule has 2 saturated carbocycles. The standard InChI is InChI=1S/C26H30N8S/c27-24-30-25(31-34(24)26-29-21-3-1-2-4-23(21)35-26)28-19-7-9-20(10-8-19)32-11-13-33(14-12-32)22-16-17-5-6-18(22)15-17/h1-4,7-10,17-18,22H,5-6,11-16H2,(H3,27,28,30,31). The molecule has 3 aliphatic rings. The number of piperazine rings is 1. The molecule has 0 radical (unpaired) electrons. The van der Waals surface area contributed by atoms with Gasteiger partial charge in [-0.05, 0) is 67.5 Å². The Kier molecular flexibility index (Phi) is 5.13. The molecule has 7 rings (SSSR count). The number of hydrogen-bond acceptors (Lipinski definition) is 8. The first kappa shape index (κ1) is 21.1. The number of nitrogens with one attached hydrogen (secondary N) is 1. The van der Waals surface area contributed by atoms with Crippen LogP contribution in [0.2, 0.25) is 0 Å². The number of aromatic nitrogens is 4. The first-order valence-electron chi connectivity index (χ1n) is 12.6. The number of nitrogens with zero attached hydrogens (tertiary/aromatic N) is 6. The molecule has 0 spiro atoms. The lowest BCUT2D eigenvalue weighted by Crippen LogP contribution is -2.51. The molecule has 8 nitrogen and oxygen atoms in total. The van der Waals surface area contributed by atoms with E-state index < -0.39 is 0 Å². The van der Waals surface area contributed by atoms with Crippen LogP contribution >= 0.6 is 11.3 Å². The number of fused-ring (bicyclic) bond motifs is 3. The zero-order valence-corrected chi connectivity index (χ0v) is 20.5. The third-order valence-electron chi connectivity index (χ3n) is 8.07. The summed E-state index contributed by atoms with van der Waals surface area (Å²) in [4.78, 5) is 14.3. The molecule has 3 heterocycles. The van der Waals surface area contributed by atoms with E-state index in [1.807, 2.05) is 24.3 Å². The van der Waals surface area contributed by atoms with E-state index in [1.165, 1.54) is 44.5 Å². The molecule has 180 valence electrons. The monoisotopic (exact) mass is 486 g/mol. The Bertz CT molecular complexity index is 1300. The molecule has 1 aliphatic heterocycles.